The van der Waals surface area contributed by atoms with Crippen molar-refractivity contribution in [2.45, 2.75) is 19.2 Å². The second-order valence-corrected chi connectivity index (χ2v) is 7.99. The molecule has 0 fully saturated rings. The molecule has 0 unspecified atom stereocenters. The van der Waals surface area contributed by atoms with E-state index in [1.807, 2.05) is 30.3 Å². The Morgan fingerprint density at radius 1 is 1.00 bits per heavy atom. The molecule has 9 heteroatoms. The number of amides is 1. The first-order valence-electron chi connectivity index (χ1n) is 8.03. The number of benzene rings is 2. The number of carbonyl (C=O) groups is 1. The number of rotatable bonds is 8. The summed E-state index contributed by atoms with van der Waals surface area (Å²) >= 11 is 0. The minimum atomic E-state index is -4.81. The maximum atomic E-state index is 12.1. The van der Waals surface area contributed by atoms with Crippen molar-refractivity contribution in [3.05, 3.63) is 60.2 Å². The Labute approximate surface area is 155 Å². The maximum Gasteiger partial charge on any atom is 0.573 e. The highest BCUT2D eigenvalue weighted by molar-refractivity contribution is 7.92. The van der Waals surface area contributed by atoms with Gasteiger partial charge in [-0.05, 0) is 42.7 Å². The topological polar surface area (TPSA) is 72.5 Å². The molecule has 0 atom stereocenters. The zero-order chi connectivity index (χ0) is 19.9. The molecule has 0 bridgehead atoms. The van der Waals surface area contributed by atoms with E-state index in [1.165, 1.54) is 12.1 Å². The molecule has 1 N–H and O–H groups in total. The first-order valence-corrected chi connectivity index (χ1v) is 9.85. The molecule has 0 radical (unpaired) electrons. The van der Waals surface area contributed by atoms with Crippen LogP contribution in [-0.2, 0) is 21.1 Å². The molecule has 0 spiro atoms. The lowest BCUT2D eigenvalue weighted by atomic mass is 10.1. The fourth-order valence-corrected chi connectivity index (χ4v) is 3.55. The zero-order valence-electron chi connectivity index (χ0n) is 14.2. The molecule has 0 aliphatic rings. The Hall–Kier alpha value is -2.55. The first kappa shape index (κ1) is 20.8. The van der Waals surface area contributed by atoms with Crippen LogP contribution in [0.5, 0.6) is 5.75 Å². The quantitative estimate of drug-likeness (QED) is 0.734. The monoisotopic (exact) mass is 401 g/mol. The van der Waals surface area contributed by atoms with Gasteiger partial charge in [0.15, 0.2) is 9.84 Å². The molecule has 0 aliphatic heterocycles. The molecule has 146 valence electrons. The molecule has 2 aromatic rings. The molecule has 5 nitrogen and oxygen atoms in total. The van der Waals surface area contributed by atoms with Gasteiger partial charge in [-0.3, -0.25) is 4.79 Å². The summed E-state index contributed by atoms with van der Waals surface area (Å²) in [5.41, 5.74) is 1.19. The molecular formula is C18H18F3NO4S. The standard InChI is InChI=1S/C18H18F3NO4S/c19-18(20,21)26-16-10-8-15(9-11-16)22-17(23)13-27(24,25)12-4-7-14-5-2-1-3-6-14/h1-3,5-6,8-11H,4,7,12-13H2,(H,22,23). The normalized spacial score (nSPS) is 11.8. The minimum absolute atomic E-state index is 0.131. The summed E-state index contributed by atoms with van der Waals surface area (Å²) in [4.78, 5) is 11.9. The van der Waals surface area contributed by atoms with Gasteiger partial charge in [0.2, 0.25) is 5.91 Å². The molecule has 0 heterocycles. The Bertz CT molecular complexity index is 850. The van der Waals surface area contributed by atoms with Crippen molar-refractivity contribution in [2.24, 2.45) is 0 Å². The van der Waals surface area contributed by atoms with Gasteiger partial charge in [0.05, 0.1) is 5.75 Å². The van der Waals surface area contributed by atoms with E-state index < -0.39 is 33.6 Å². The van der Waals surface area contributed by atoms with Gasteiger partial charge in [0.25, 0.3) is 0 Å². The summed E-state index contributed by atoms with van der Waals surface area (Å²) in [7, 11) is -3.59. The van der Waals surface area contributed by atoms with Crippen LogP contribution in [0.3, 0.4) is 0 Å². The minimum Gasteiger partial charge on any atom is -0.406 e. The van der Waals surface area contributed by atoms with Gasteiger partial charge < -0.3 is 10.1 Å². The van der Waals surface area contributed by atoms with E-state index in [2.05, 4.69) is 10.1 Å². The van der Waals surface area contributed by atoms with Gasteiger partial charge in [-0.15, -0.1) is 13.2 Å². The van der Waals surface area contributed by atoms with E-state index in [4.69, 9.17) is 0 Å². The average Bonchev–Trinajstić information content (AvgIpc) is 2.55. The largest absolute Gasteiger partial charge is 0.573 e. The number of carbonyl (C=O) groups excluding carboxylic acids is 1. The zero-order valence-corrected chi connectivity index (χ0v) is 15.0. The Morgan fingerprint density at radius 2 is 1.63 bits per heavy atom. The molecule has 0 aliphatic carbocycles. The Kier molecular flexibility index (Phi) is 6.84. The number of halogens is 3. The third kappa shape index (κ3) is 8.12. The summed E-state index contributed by atoms with van der Waals surface area (Å²) in [5, 5.41) is 2.34. The SMILES string of the molecule is O=C(CS(=O)(=O)CCCc1ccccc1)Nc1ccc(OC(F)(F)F)cc1. The highest BCUT2D eigenvalue weighted by atomic mass is 32.2. The van der Waals surface area contributed by atoms with Gasteiger partial charge in [0.1, 0.15) is 11.5 Å². The van der Waals surface area contributed by atoms with Crippen molar-refractivity contribution in [3.8, 4) is 5.75 Å². The summed E-state index contributed by atoms with van der Waals surface area (Å²) < 4.78 is 64.0. The number of nitrogens with one attached hydrogen (secondary N) is 1. The van der Waals surface area contributed by atoms with Gasteiger partial charge >= 0.3 is 6.36 Å². The molecule has 27 heavy (non-hydrogen) atoms. The van der Waals surface area contributed by atoms with Crippen LogP contribution in [0, 0.1) is 0 Å². The van der Waals surface area contributed by atoms with E-state index in [0.717, 1.165) is 17.7 Å². The van der Waals surface area contributed by atoms with Crippen molar-refractivity contribution in [2.75, 3.05) is 16.8 Å². The van der Waals surface area contributed by atoms with Crippen molar-refractivity contribution < 1.29 is 31.1 Å². The average molecular weight is 401 g/mol. The number of hydrogen-bond donors (Lipinski definition) is 1. The van der Waals surface area contributed by atoms with Crippen molar-refractivity contribution in [3.63, 3.8) is 0 Å². The van der Waals surface area contributed by atoms with E-state index in [-0.39, 0.29) is 11.4 Å². The fourth-order valence-electron chi connectivity index (χ4n) is 2.35. The van der Waals surface area contributed by atoms with Gasteiger partial charge in [0, 0.05) is 5.69 Å². The first-order chi connectivity index (χ1) is 12.6. The van der Waals surface area contributed by atoms with Crippen LogP contribution in [-0.4, -0.2) is 32.2 Å². The predicted octanol–water partition coefficient (Wildman–Crippen LogP) is 3.57. The molecule has 0 saturated heterocycles. The van der Waals surface area contributed by atoms with Crippen LogP contribution in [0.25, 0.3) is 0 Å². The fraction of sp³-hybridized carbons (Fsp3) is 0.278. The second-order valence-electron chi connectivity index (χ2n) is 5.80. The van der Waals surface area contributed by atoms with E-state index in [0.29, 0.717) is 12.8 Å². The van der Waals surface area contributed by atoms with Crippen LogP contribution in [0.4, 0.5) is 18.9 Å². The van der Waals surface area contributed by atoms with E-state index in [9.17, 15) is 26.4 Å². The third-order valence-electron chi connectivity index (χ3n) is 3.49. The summed E-state index contributed by atoms with van der Waals surface area (Å²) in [6, 6.07) is 13.8. The number of hydrogen-bond acceptors (Lipinski definition) is 4. The van der Waals surface area contributed by atoms with Crippen LogP contribution in [0.1, 0.15) is 12.0 Å². The summed E-state index contributed by atoms with van der Waals surface area (Å²) in [6.45, 7) is 0. The molecule has 1 amide bonds. The van der Waals surface area contributed by atoms with Crippen LogP contribution in [0.15, 0.2) is 54.6 Å². The van der Waals surface area contributed by atoms with Crippen LogP contribution in [0.2, 0.25) is 0 Å². The number of aryl methyl sites for hydroxylation is 1. The van der Waals surface area contributed by atoms with E-state index in [1.54, 1.807) is 0 Å². The number of alkyl halides is 3. The van der Waals surface area contributed by atoms with Gasteiger partial charge in [-0.25, -0.2) is 8.42 Å². The molecule has 2 rings (SSSR count). The summed E-state index contributed by atoms with van der Waals surface area (Å²) in [6.07, 6.45) is -3.83. The summed E-state index contributed by atoms with van der Waals surface area (Å²) in [5.74, 6) is -2.01. The number of ether oxygens (including phenoxy) is 1. The maximum absolute atomic E-state index is 12.1. The molecule has 0 aromatic heterocycles. The van der Waals surface area contributed by atoms with Crippen LogP contribution < -0.4 is 10.1 Å². The van der Waals surface area contributed by atoms with Crippen molar-refractivity contribution >= 4 is 21.4 Å². The number of anilines is 1. The van der Waals surface area contributed by atoms with Crippen LogP contribution >= 0.6 is 0 Å². The Balaban J connectivity index is 1.81. The molecular weight excluding hydrogens is 383 g/mol. The van der Waals surface area contributed by atoms with Gasteiger partial charge in [-0.2, -0.15) is 0 Å². The smallest absolute Gasteiger partial charge is 0.406 e. The third-order valence-corrected chi connectivity index (χ3v) is 5.10. The lowest BCUT2D eigenvalue weighted by molar-refractivity contribution is -0.274. The molecule has 2 aromatic carbocycles. The predicted molar refractivity (Wildman–Crippen MR) is 95.2 cm³/mol. The number of sulfone groups is 1. The highest BCUT2D eigenvalue weighted by Crippen LogP contribution is 2.23. The lowest BCUT2D eigenvalue weighted by Crippen LogP contribution is -2.25. The second kappa shape index (κ2) is 8.90. The van der Waals surface area contributed by atoms with Crippen molar-refractivity contribution in [1.82, 2.24) is 0 Å². The molecule has 0 saturated carbocycles. The lowest BCUT2D eigenvalue weighted by Gasteiger charge is -2.10. The Morgan fingerprint density at radius 3 is 2.22 bits per heavy atom. The highest BCUT2D eigenvalue weighted by Gasteiger charge is 2.31. The van der Waals surface area contributed by atoms with Crippen molar-refractivity contribution in [1.29, 1.82) is 0 Å². The van der Waals surface area contributed by atoms with E-state index >= 15 is 0 Å². The van der Waals surface area contributed by atoms with Gasteiger partial charge in [-0.1, -0.05) is 30.3 Å².